The van der Waals surface area contributed by atoms with Crippen LogP contribution in [-0.2, 0) is 4.74 Å². The second-order valence-electron chi connectivity index (χ2n) is 3.71. The van der Waals surface area contributed by atoms with Crippen molar-refractivity contribution < 1.29 is 19.0 Å². The molecule has 3 rings (SSSR count). The minimum absolute atomic E-state index is 0.157. The molecule has 19 heavy (non-hydrogen) atoms. The summed E-state index contributed by atoms with van der Waals surface area (Å²) in [7, 11) is 1.33. The Labute approximate surface area is 117 Å². The van der Waals surface area contributed by atoms with E-state index in [9.17, 15) is 4.79 Å². The summed E-state index contributed by atoms with van der Waals surface area (Å²) in [5, 5.41) is 1.13. The van der Waals surface area contributed by atoms with E-state index in [0.717, 1.165) is 5.56 Å². The Morgan fingerprint density at radius 1 is 1.47 bits per heavy atom. The van der Waals surface area contributed by atoms with Crippen LogP contribution >= 0.6 is 22.9 Å². The normalized spacial score (nSPS) is 12.5. The number of hydrogen-bond donors (Lipinski definition) is 0. The molecule has 2 heterocycles. The van der Waals surface area contributed by atoms with Crippen LogP contribution in [0, 0.1) is 0 Å². The van der Waals surface area contributed by atoms with Gasteiger partial charge in [-0.15, -0.1) is 11.3 Å². The highest BCUT2D eigenvalue weighted by atomic mass is 35.5. The molecular formula is C12H8ClNO4S. The fourth-order valence-electron chi connectivity index (χ4n) is 1.69. The Bertz CT molecular complexity index is 655. The average Bonchev–Trinajstić information content (AvgIpc) is 3.06. The second-order valence-corrected chi connectivity index (χ2v) is 5.15. The summed E-state index contributed by atoms with van der Waals surface area (Å²) in [5.41, 5.74) is 0.773. The lowest BCUT2D eigenvalue weighted by Gasteiger charge is -2.02. The molecule has 0 saturated carbocycles. The molecule has 5 nitrogen and oxygen atoms in total. The average molecular weight is 298 g/mol. The second kappa shape index (κ2) is 4.71. The van der Waals surface area contributed by atoms with E-state index >= 15 is 0 Å². The third-order valence-electron chi connectivity index (χ3n) is 2.57. The first-order chi connectivity index (χ1) is 9.19. The zero-order chi connectivity index (χ0) is 13.4. The molecule has 0 radical (unpaired) electrons. The Morgan fingerprint density at radius 3 is 3.11 bits per heavy atom. The van der Waals surface area contributed by atoms with Gasteiger partial charge in [0, 0.05) is 5.56 Å². The SMILES string of the molecule is COC(=O)c1cnc(-c2cc(Cl)c3c(c2)OCO3)s1. The number of esters is 1. The van der Waals surface area contributed by atoms with Gasteiger partial charge in [0.25, 0.3) is 0 Å². The largest absolute Gasteiger partial charge is 0.465 e. The number of nitrogens with zero attached hydrogens (tertiary/aromatic N) is 1. The third-order valence-corrected chi connectivity index (χ3v) is 3.87. The molecule has 0 N–H and O–H groups in total. The number of methoxy groups -OCH3 is 1. The van der Waals surface area contributed by atoms with Gasteiger partial charge in [-0.1, -0.05) is 11.6 Å². The van der Waals surface area contributed by atoms with Gasteiger partial charge in [-0.2, -0.15) is 0 Å². The van der Waals surface area contributed by atoms with Crippen molar-refractivity contribution in [3.8, 4) is 22.1 Å². The molecule has 1 aliphatic rings. The standard InChI is InChI=1S/C12H8ClNO4S/c1-16-12(15)9-4-14-11(19-9)6-2-7(13)10-8(3-6)17-5-18-10/h2-4H,5H2,1H3. The summed E-state index contributed by atoms with van der Waals surface area (Å²) in [4.78, 5) is 16.0. The van der Waals surface area contributed by atoms with Gasteiger partial charge in [-0.3, -0.25) is 0 Å². The summed E-state index contributed by atoms with van der Waals surface area (Å²) in [5.74, 6) is 0.711. The molecular weight excluding hydrogens is 290 g/mol. The topological polar surface area (TPSA) is 57.7 Å². The number of fused-ring (bicyclic) bond motifs is 1. The van der Waals surface area contributed by atoms with Gasteiger partial charge in [-0.05, 0) is 12.1 Å². The fraction of sp³-hybridized carbons (Fsp3) is 0.167. The highest BCUT2D eigenvalue weighted by Gasteiger charge is 2.20. The summed E-state index contributed by atoms with van der Waals surface area (Å²) >= 11 is 7.33. The van der Waals surface area contributed by atoms with Crippen molar-refractivity contribution in [3.05, 3.63) is 28.2 Å². The van der Waals surface area contributed by atoms with E-state index in [4.69, 9.17) is 21.1 Å². The Balaban J connectivity index is 2.01. The van der Waals surface area contributed by atoms with Crippen molar-refractivity contribution in [2.24, 2.45) is 0 Å². The van der Waals surface area contributed by atoms with Gasteiger partial charge < -0.3 is 14.2 Å². The van der Waals surface area contributed by atoms with Crippen molar-refractivity contribution >= 4 is 28.9 Å². The predicted octanol–water partition coefficient (Wildman–Crippen LogP) is 2.98. The lowest BCUT2D eigenvalue weighted by molar-refractivity contribution is 0.0606. The smallest absolute Gasteiger partial charge is 0.349 e. The molecule has 7 heteroatoms. The summed E-state index contributed by atoms with van der Waals surface area (Å²) < 4.78 is 15.2. The maximum Gasteiger partial charge on any atom is 0.349 e. The van der Waals surface area contributed by atoms with E-state index < -0.39 is 5.97 Å². The Kier molecular flexibility index (Phi) is 3.04. The van der Waals surface area contributed by atoms with E-state index in [-0.39, 0.29) is 6.79 Å². The number of benzene rings is 1. The molecule has 0 atom stereocenters. The number of halogens is 1. The van der Waals surface area contributed by atoms with Crippen LogP contribution in [0.4, 0.5) is 0 Å². The lowest BCUT2D eigenvalue weighted by atomic mass is 10.2. The molecule has 1 aliphatic heterocycles. The monoisotopic (exact) mass is 297 g/mol. The summed E-state index contributed by atoms with van der Waals surface area (Å²) in [6.07, 6.45) is 1.48. The van der Waals surface area contributed by atoms with Gasteiger partial charge >= 0.3 is 5.97 Å². The molecule has 0 saturated heterocycles. The van der Waals surface area contributed by atoms with Crippen molar-refractivity contribution in [1.29, 1.82) is 0 Å². The predicted molar refractivity (Wildman–Crippen MR) is 70.0 cm³/mol. The highest BCUT2D eigenvalue weighted by molar-refractivity contribution is 7.16. The third kappa shape index (κ3) is 2.13. The number of aromatic nitrogens is 1. The molecule has 0 fully saturated rings. The number of thiazole rings is 1. The van der Waals surface area contributed by atoms with E-state index in [2.05, 4.69) is 9.72 Å². The van der Waals surface area contributed by atoms with Crippen LogP contribution in [0.25, 0.3) is 10.6 Å². The highest BCUT2D eigenvalue weighted by Crippen LogP contribution is 2.42. The molecule has 2 aromatic rings. The van der Waals surface area contributed by atoms with E-state index in [0.29, 0.717) is 26.4 Å². The van der Waals surface area contributed by atoms with Crippen LogP contribution in [0.5, 0.6) is 11.5 Å². The van der Waals surface area contributed by atoms with Crippen molar-refractivity contribution in [2.45, 2.75) is 0 Å². The summed E-state index contributed by atoms with van der Waals surface area (Å²) in [6.45, 7) is 0.157. The number of hydrogen-bond acceptors (Lipinski definition) is 6. The van der Waals surface area contributed by atoms with Crippen LogP contribution in [-0.4, -0.2) is 24.9 Å². The van der Waals surface area contributed by atoms with Crippen molar-refractivity contribution in [1.82, 2.24) is 4.98 Å². The fourth-order valence-corrected chi connectivity index (χ4v) is 2.78. The van der Waals surface area contributed by atoms with Crippen LogP contribution < -0.4 is 9.47 Å². The minimum Gasteiger partial charge on any atom is -0.465 e. The number of carbonyl (C=O) groups excluding carboxylic acids is 1. The number of ether oxygens (including phenoxy) is 3. The zero-order valence-electron chi connectivity index (χ0n) is 9.81. The van der Waals surface area contributed by atoms with E-state index in [1.807, 2.05) is 0 Å². The van der Waals surface area contributed by atoms with Gasteiger partial charge in [0.15, 0.2) is 11.5 Å². The first kappa shape index (κ1) is 12.3. The van der Waals surface area contributed by atoms with Crippen LogP contribution in [0.1, 0.15) is 9.67 Å². The Morgan fingerprint density at radius 2 is 2.32 bits per heavy atom. The first-order valence-electron chi connectivity index (χ1n) is 5.32. The van der Waals surface area contributed by atoms with Crippen molar-refractivity contribution in [3.63, 3.8) is 0 Å². The van der Waals surface area contributed by atoms with Gasteiger partial charge in [0.1, 0.15) is 9.88 Å². The van der Waals surface area contributed by atoms with Crippen LogP contribution in [0.2, 0.25) is 5.02 Å². The molecule has 1 aromatic carbocycles. The minimum atomic E-state index is -0.407. The Hall–Kier alpha value is -1.79. The molecule has 0 aliphatic carbocycles. The number of carbonyl (C=O) groups is 1. The van der Waals surface area contributed by atoms with Crippen molar-refractivity contribution in [2.75, 3.05) is 13.9 Å². The van der Waals surface area contributed by atoms with Crippen LogP contribution in [0.15, 0.2) is 18.3 Å². The molecule has 0 bridgehead atoms. The van der Waals surface area contributed by atoms with E-state index in [1.54, 1.807) is 12.1 Å². The lowest BCUT2D eigenvalue weighted by Crippen LogP contribution is -1.96. The van der Waals surface area contributed by atoms with Gasteiger partial charge in [0.05, 0.1) is 18.3 Å². The van der Waals surface area contributed by atoms with Gasteiger partial charge in [0.2, 0.25) is 6.79 Å². The molecule has 0 unspecified atom stereocenters. The van der Waals surface area contributed by atoms with Crippen LogP contribution in [0.3, 0.4) is 0 Å². The maximum absolute atomic E-state index is 11.4. The number of rotatable bonds is 2. The zero-order valence-corrected chi connectivity index (χ0v) is 11.4. The molecule has 1 aromatic heterocycles. The maximum atomic E-state index is 11.4. The molecule has 0 amide bonds. The molecule has 0 spiro atoms. The molecule has 98 valence electrons. The summed E-state index contributed by atoms with van der Waals surface area (Å²) in [6, 6.07) is 3.52. The first-order valence-corrected chi connectivity index (χ1v) is 6.52. The van der Waals surface area contributed by atoms with Gasteiger partial charge in [-0.25, -0.2) is 9.78 Å². The quantitative estimate of drug-likeness (QED) is 0.798. The van der Waals surface area contributed by atoms with E-state index in [1.165, 1.54) is 24.6 Å².